The molecule has 1 aromatic carbocycles. The lowest BCUT2D eigenvalue weighted by Crippen LogP contribution is -2.25. The van der Waals surface area contributed by atoms with E-state index in [1.807, 2.05) is 19.1 Å². The summed E-state index contributed by atoms with van der Waals surface area (Å²) >= 11 is 0. The Kier molecular flexibility index (Phi) is 4.58. The van der Waals surface area contributed by atoms with Crippen LogP contribution < -0.4 is 5.32 Å². The van der Waals surface area contributed by atoms with E-state index in [-0.39, 0.29) is 11.9 Å². The first-order valence-electron chi connectivity index (χ1n) is 6.47. The van der Waals surface area contributed by atoms with Crippen molar-refractivity contribution < 1.29 is 4.39 Å². The Bertz CT molecular complexity index is 528. The fraction of sp³-hybridized carbons (Fsp3) is 0.333. The monoisotopic (exact) mass is 259 g/mol. The lowest BCUT2D eigenvalue weighted by Gasteiger charge is -2.19. The summed E-state index contributed by atoms with van der Waals surface area (Å²) in [6, 6.07) is 6.73. The minimum Gasteiger partial charge on any atom is -0.305 e. The molecular weight excluding hydrogens is 241 g/mol. The summed E-state index contributed by atoms with van der Waals surface area (Å²) in [5.74, 6) is -0.210. The van der Waals surface area contributed by atoms with Crippen molar-refractivity contribution in [3.05, 3.63) is 59.4 Å². The molecule has 0 amide bonds. The second-order valence-corrected chi connectivity index (χ2v) is 4.55. The number of nitrogens with zero attached hydrogens (tertiary/aromatic N) is 2. The van der Waals surface area contributed by atoms with Gasteiger partial charge in [-0.3, -0.25) is 0 Å². The van der Waals surface area contributed by atoms with E-state index in [4.69, 9.17) is 0 Å². The van der Waals surface area contributed by atoms with E-state index in [0.29, 0.717) is 5.56 Å². The van der Waals surface area contributed by atoms with Gasteiger partial charge in [0, 0.05) is 11.8 Å². The average molecular weight is 259 g/mol. The Hall–Kier alpha value is -1.81. The lowest BCUT2D eigenvalue weighted by atomic mass is 10.0. The van der Waals surface area contributed by atoms with Crippen molar-refractivity contribution in [1.29, 1.82) is 0 Å². The number of aromatic nitrogens is 2. The minimum absolute atomic E-state index is 0.210. The molecule has 1 atom stereocenters. The zero-order valence-corrected chi connectivity index (χ0v) is 11.2. The van der Waals surface area contributed by atoms with Gasteiger partial charge in [0.25, 0.3) is 0 Å². The van der Waals surface area contributed by atoms with Gasteiger partial charge in [0.1, 0.15) is 12.1 Å². The highest BCUT2D eigenvalue weighted by molar-refractivity contribution is 5.32. The SMILES string of the molecule is CCCNC(c1ccncn1)c1cc(C)ccc1F. The summed E-state index contributed by atoms with van der Waals surface area (Å²) in [5, 5.41) is 3.34. The number of benzene rings is 1. The van der Waals surface area contributed by atoms with Crippen molar-refractivity contribution in [1.82, 2.24) is 15.3 Å². The quantitative estimate of drug-likeness (QED) is 0.897. The largest absolute Gasteiger partial charge is 0.305 e. The second-order valence-electron chi connectivity index (χ2n) is 4.55. The molecule has 1 heterocycles. The Labute approximate surface area is 112 Å². The van der Waals surface area contributed by atoms with Gasteiger partial charge in [-0.25, -0.2) is 14.4 Å². The molecule has 1 aromatic heterocycles. The molecule has 100 valence electrons. The highest BCUT2D eigenvalue weighted by atomic mass is 19.1. The maximum atomic E-state index is 14.0. The van der Waals surface area contributed by atoms with E-state index < -0.39 is 0 Å². The molecule has 1 N–H and O–H groups in total. The third-order valence-corrected chi connectivity index (χ3v) is 2.96. The smallest absolute Gasteiger partial charge is 0.128 e. The molecule has 0 aliphatic rings. The average Bonchev–Trinajstić information content (AvgIpc) is 2.44. The van der Waals surface area contributed by atoms with Crippen LogP contribution in [0.1, 0.15) is 36.2 Å². The first-order valence-corrected chi connectivity index (χ1v) is 6.47. The van der Waals surface area contributed by atoms with Crippen molar-refractivity contribution in [2.75, 3.05) is 6.54 Å². The van der Waals surface area contributed by atoms with E-state index in [9.17, 15) is 4.39 Å². The summed E-state index contributed by atoms with van der Waals surface area (Å²) < 4.78 is 14.0. The fourth-order valence-corrected chi connectivity index (χ4v) is 2.02. The van der Waals surface area contributed by atoms with Crippen LogP contribution in [0.15, 0.2) is 36.8 Å². The van der Waals surface area contributed by atoms with Gasteiger partial charge in [-0.05, 0) is 32.0 Å². The number of hydrogen-bond donors (Lipinski definition) is 1. The molecule has 0 spiro atoms. The molecule has 1 unspecified atom stereocenters. The Morgan fingerprint density at radius 2 is 2.16 bits per heavy atom. The number of nitrogens with one attached hydrogen (secondary N) is 1. The van der Waals surface area contributed by atoms with Crippen molar-refractivity contribution in [3.8, 4) is 0 Å². The molecular formula is C15H18FN3. The normalized spacial score (nSPS) is 12.4. The highest BCUT2D eigenvalue weighted by Crippen LogP contribution is 2.23. The summed E-state index contributed by atoms with van der Waals surface area (Å²) in [4.78, 5) is 8.15. The Morgan fingerprint density at radius 3 is 2.84 bits per heavy atom. The number of hydrogen-bond acceptors (Lipinski definition) is 3. The topological polar surface area (TPSA) is 37.8 Å². The van der Waals surface area contributed by atoms with Crippen LogP contribution in [0.25, 0.3) is 0 Å². The second kappa shape index (κ2) is 6.38. The standard InChI is InChI=1S/C15H18FN3/c1-3-7-18-15(14-6-8-17-10-19-14)12-9-11(2)4-5-13(12)16/h4-6,8-10,15,18H,3,7H2,1-2H3. The van der Waals surface area contributed by atoms with Crippen LogP contribution in [-0.4, -0.2) is 16.5 Å². The van der Waals surface area contributed by atoms with Crippen LogP contribution in [0.3, 0.4) is 0 Å². The van der Waals surface area contributed by atoms with Gasteiger partial charge in [0.2, 0.25) is 0 Å². The molecule has 2 aromatic rings. The fourth-order valence-electron chi connectivity index (χ4n) is 2.02. The van der Waals surface area contributed by atoms with Crippen molar-refractivity contribution in [2.24, 2.45) is 0 Å². The van der Waals surface area contributed by atoms with Gasteiger partial charge in [-0.15, -0.1) is 0 Å². The first kappa shape index (κ1) is 13.6. The zero-order chi connectivity index (χ0) is 13.7. The molecule has 19 heavy (non-hydrogen) atoms. The molecule has 3 nitrogen and oxygen atoms in total. The third-order valence-electron chi connectivity index (χ3n) is 2.96. The van der Waals surface area contributed by atoms with Crippen molar-refractivity contribution >= 4 is 0 Å². The summed E-state index contributed by atoms with van der Waals surface area (Å²) in [6.45, 7) is 4.85. The molecule has 0 fully saturated rings. The summed E-state index contributed by atoms with van der Waals surface area (Å²) in [5.41, 5.74) is 2.45. The maximum absolute atomic E-state index is 14.0. The van der Waals surface area contributed by atoms with Crippen molar-refractivity contribution in [3.63, 3.8) is 0 Å². The number of halogens is 1. The predicted octanol–water partition coefficient (Wildman–Crippen LogP) is 3.01. The van der Waals surface area contributed by atoms with Gasteiger partial charge in [0.05, 0.1) is 11.7 Å². The van der Waals surface area contributed by atoms with E-state index in [2.05, 4.69) is 22.2 Å². The summed E-state index contributed by atoms with van der Waals surface area (Å²) in [7, 11) is 0. The molecule has 2 rings (SSSR count). The van der Waals surface area contributed by atoms with Crippen LogP contribution in [0.4, 0.5) is 4.39 Å². The number of aryl methyl sites for hydroxylation is 1. The van der Waals surface area contributed by atoms with Crippen molar-refractivity contribution in [2.45, 2.75) is 26.3 Å². The van der Waals surface area contributed by atoms with Crippen LogP contribution in [-0.2, 0) is 0 Å². The van der Waals surface area contributed by atoms with Gasteiger partial charge in [-0.2, -0.15) is 0 Å². The molecule has 0 bridgehead atoms. The number of rotatable bonds is 5. The Morgan fingerprint density at radius 1 is 1.32 bits per heavy atom. The molecule has 0 saturated carbocycles. The van der Waals surface area contributed by atoms with Crippen LogP contribution in [0.5, 0.6) is 0 Å². The third kappa shape index (κ3) is 3.35. The first-order chi connectivity index (χ1) is 9.22. The summed E-state index contributed by atoms with van der Waals surface area (Å²) in [6.07, 6.45) is 4.15. The molecule has 4 heteroatoms. The van der Waals surface area contributed by atoms with Gasteiger partial charge < -0.3 is 5.32 Å². The maximum Gasteiger partial charge on any atom is 0.128 e. The molecule has 0 radical (unpaired) electrons. The van der Waals surface area contributed by atoms with E-state index in [1.165, 1.54) is 12.4 Å². The van der Waals surface area contributed by atoms with Crippen LogP contribution in [0, 0.1) is 12.7 Å². The Balaban J connectivity index is 2.40. The van der Waals surface area contributed by atoms with E-state index in [1.54, 1.807) is 12.3 Å². The molecule has 0 aliphatic carbocycles. The van der Waals surface area contributed by atoms with Crippen LogP contribution >= 0.6 is 0 Å². The minimum atomic E-state index is -0.233. The highest BCUT2D eigenvalue weighted by Gasteiger charge is 2.18. The lowest BCUT2D eigenvalue weighted by molar-refractivity contribution is 0.538. The predicted molar refractivity (Wildman–Crippen MR) is 73.3 cm³/mol. The van der Waals surface area contributed by atoms with Gasteiger partial charge in [0.15, 0.2) is 0 Å². The molecule has 0 aliphatic heterocycles. The zero-order valence-electron chi connectivity index (χ0n) is 11.2. The van der Waals surface area contributed by atoms with Crippen LogP contribution in [0.2, 0.25) is 0 Å². The van der Waals surface area contributed by atoms with Gasteiger partial charge in [-0.1, -0.05) is 24.6 Å². The van der Waals surface area contributed by atoms with E-state index in [0.717, 1.165) is 24.2 Å². The van der Waals surface area contributed by atoms with E-state index >= 15 is 0 Å². The molecule has 0 saturated heterocycles. The van der Waals surface area contributed by atoms with Gasteiger partial charge >= 0.3 is 0 Å².